The maximum Gasteiger partial charge on any atom is 0.264 e. The Bertz CT molecular complexity index is 1250. The molecule has 6 nitrogen and oxygen atoms in total. The predicted molar refractivity (Wildman–Crippen MR) is 126 cm³/mol. The van der Waals surface area contributed by atoms with Gasteiger partial charge in [-0.05, 0) is 35.9 Å². The van der Waals surface area contributed by atoms with E-state index in [0.29, 0.717) is 38.4 Å². The maximum atomic E-state index is 13.5. The van der Waals surface area contributed by atoms with Gasteiger partial charge in [0, 0.05) is 21.7 Å². The molecule has 1 amide bonds. The van der Waals surface area contributed by atoms with Gasteiger partial charge in [-0.3, -0.25) is 9.59 Å². The molecular weight excluding hydrogens is 465 g/mol. The highest BCUT2D eigenvalue weighted by Gasteiger charge is 2.51. The number of hydrogen-bond acceptors (Lipinski definition) is 5. The van der Waals surface area contributed by atoms with Crippen LogP contribution < -0.4 is 14.4 Å². The van der Waals surface area contributed by atoms with E-state index >= 15 is 0 Å². The molecule has 1 N–H and O–H groups in total. The second-order valence-electron chi connectivity index (χ2n) is 7.67. The number of methoxy groups -OCH3 is 2. The van der Waals surface area contributed by atoms with Crippen LogP contribution >= 0.6 is 23.2 Å². The Morgan fingerprint density at radius 1 is 1.03 bits per heavy atom. The Morgan fingerprint density at radius 2 is 1.79 bits per heavy atom. The molecule has 1 aliphatic rings. The lowest BCUT2D eigenvalue weighted by Crippen LogP contribution is -2.41. The molecule has 0 aromatic heterocycles. The van der Waals surface area contributed by atoms with E-state index in [1.54, 1.807) is 60.7 Å². The third kappa shape index (κ3) is 4.17. The van der Waals surface area contributed by atoms with E-state index in [1.165, 1.54) is 19.1 Å². The van der Waals surface area contributed by atoms with Gasteiger partial charge in [-0.25, -0.2) is 0 Å². The van der Waals surface area contributed by atoms with Crippen LogP contribution in [0.25, 0.3) is 0 Å². The second-order valence-corrected chi connectivity index (χ2v) is 8.51. The molecule has 3 aromatic carbocycles. The zero-order valence-electron chi connectivity index (χ0n) is 18.0. The third-order valence-corrected chi connectivity index (χ3v) is 6.30. The molecule has 0 saturated carbocycles. The Balaban J connectivity index is 1.69. The fraction of sp³-hybridized carbons (Fsp3) is 0.200. The van der Waals surface area contributed by atoms with Crippen molar-refractivity contribution in [3.05, 3.63) is 87.4 Å². The summed E-state index contributed by atoms with van der Waals surface area (Å²) in [5.41, 5.74) is -0.239. The molecule has 1 heterocycles. The van der Waals surface area contributed by atoms with E-state index in [-0.39, 0.29) is 12.1 Å². The number of ether oxygens (including phenoxy) is 2. The number of aliphatic hydroxyl groups is 1. The van der Waals surface area contributed by atoms with Gasteiger partial charge in [-0.2, -0.15) is 0 Å². The highest BCUT2D eigenvalue weighted by molar-refractivity contribution is 6.35. The molecule has 33 heavy (non-hydrogen) atoms. The molecule has 1 unspecified atom stereocenters. The summed E-state index contributed by atoms with van der Waals surface area (Å²) in [6.45, 7) is 0.119. The number of benzene rings is 3. The monoisotopic (exact) mass is 485 g/mol. The molecule has 0 radical (unpaired) electrons. The molecule has 4 rings (SSSR count). The maximum absolute atomic E-state index is 13.5. The van der Waals surface area contributed by atoms with Crippen molar-refractivity contribution in [2.24, 2.45) is 0 Å². The minimum atomic E-state index is -2.03. The number of halogens is 2. The number of carbonyl (C=O) groups is 2. The van der Waals surface area contributed by atoms with Crippen LogP contribution in [0.5, 0.6) is 11.5 Å². The first-order chi connectivity index (χ1) is 15.8. The van der Waals surface area contributed by atoms with Gasteiger partial charge in [0.05, 0.1) is 38.4 Å². The van der Waals surface area contributed by atoms with Crippen molar-refractivity contribution in [1.82, 2.24) is 0 Å². The number of carbonyl (C=O) groups excluding carboxylic acids is 2. The number of Topliss-reactive ketones (excluding diaryl/α,β-unsaturated/α-hetero) is 1. The lowest BCUT2D eigenvalue weighted by molar-refractivity contribution is -0.136. The number of rotatable bonds is 7. The number of amides is 1. The van der Waals surface area contributed by atoms with Crippen molar-refractivity contribution in [2.75, 3.05) is 19.1 Å². The molecule has 1 aliphatic heterocycles. The fourth-order valence-corrected chi connectivity index (χ4v) is 4.48. The Hall–Kier alpha value is -3.06. The minimum absolute atomic E-state index is 0.119. The van der Waals surface area contributed by atoms with Gasteiger partial charge in [0.2, 0.25) is 0 Å². The third-order valence-electron chi connectivity index (χ3n) is 5.71. The van der Waals surface area contributed by atoms with Gasteiger partial charge in [-0.15, -0.1) is 0 Å². The van der Waals surface area contributed by atoms with Crippen LogP contribution in [0.4, 0.5) is 5.69 Å². The zero-order chi connectivity index (χ0) is 23.8. The average Bonchev–Trinajstić information content (AvgIpc) is 3.02. The average molecular weight is 486 g/mol. The quantitative estimate of drug-likeness (QED) is 0.475. The van der Waals surface area contributed by atoms with Gasteiger partial charge in [0.15, 0.2) is 11.4 Å². The van der Waals surface area contributed by atoms with Crippen molar-refractivity contribution in [1.29, 1.82) is 0 Å². The number of nitrogens with zero attached hydrogens (tertiary/aromatic N) is 1. The van der Waals surface area contributed by atoms with E-state index in [0.717, 1.165) is 0 Å². The molecule has 0 saturated heterocycles. The zero-order valence-corrected chi connectivity index (χ0v) is 19.5. The van der Waals surface area contributed by atoms with Crippen molar-refractivity contribution >= 4 is 40.6 Å². The molecule has 8 heteroatoms. The summed E-state index contributed by atoms with van der Waals surface area (Å²) < 4.78 is 10.5. The highest BCUT2D eigenvalue weighted by atomic mass is 35.5. The summed E-state index contributed by atoms with van der Waals surface area (Å²) in [7, 11) is 2.95. The van der Waals surface area contributed by atoms with Gasteiger partial charge < -0.3 is 19.5 Å². The molecule has 0 bridgehead atoms. The van der Waals surface area contributed by atoms with Crippen molar-refractivity contribution in [3.63, 3.8) is 0 Å². The molecule has 3 aromatic rings. The molecule has 1 atom stereocenters. The van der Waals surface area contributed by atoms with Crippen molar-refractivity contribution in [2.45, 2.75) is 18.6 Å². The van der Waals surface area contributed by atoms with Crippen LogP contribution in [0.15, 0.2) is 60.7 Å². The fourth-order valence-electron chi connectivity index (χ4n) is 4.01. The van der Waals surface area contributed by atoms with Crippen LogP contribution in [-0.2, 0) is 16.9 Å². The summed E-state index contributed by atoms with van der Waals surface area (Å²) in [5, 5.41) is 12.4. The van der Waals surface area contributed by atoms with E-state index in [9.17, 15) is 14.7 Å². The van der Waals surface area contributed by atoms with Gasteiger partial charge in [0.25, 0.3) is 5.91 Å². The molecule has 0 aliphatic carbocycles. The second kappa shape index (κ2) is 9.06. The van der Waals surface area contributed by atoms with Gasteiger partial charge in [0.1, 0.15) is 11.5 Å². The van der Waals surface area contributed by atoms with E-state index in [2.05, 4.69) is 0 Å². The van der Waals surface area contributed by atoms with E-state index in [4.69, 9.17) is 32.7 Å². The van der Waals surface area contributed by atoms with Crippen LogP contribution in [0.1, 0.15) is 27.9 Å². The molecule has 0 fully saturated rings. The Labute approximate surface area is 201 Å². The number of anilines is 1. The number of ketones is 1. The van der Waals surface area contributed by atoms with Crippen LogP contribution in [0.3, 0.4) is 0 Å². The SMILES string of the molecule is COc1ccc(C(=O)CC2(O)C(=O)N(Cc3ccc(Cl)cc3Cl)c3ccccc32)c(OC)c1. The first-order valence-corrected chi connectivity index (χ1v) is 10.9. The van der Waals surface area contributed by atoms with Crippen molar-refractivity contribution < 1.29 is 24.2 Å². The first-order valence-electron chi connectivity index (χ1n) is 10.1. The minimum Gasteiger partial charge on any atom is -0.497 e. The van der Waals surface area contributed by atoms with Crippen LogP contribution in [0, 0.1) is 0 Å². The topological polar surface area (TPSA) is 76.1 Å². The van der Waals surface area contributed by atoms with Crippen LogP contribution in [-0.4, -0.2) is 31.0 Å². The molecular formula is C25H21Cl2NO5. The number of hydrogen-bond donors (Lipinski definition) is 1. The van der Waals surface area contributed by atoms with Gasteiger partial charge in [-0.1, -0.05) is 47.5 Å². The highest BCUT2D eigenvalue weighted by Crippen LogP contribution is 2.44. The predicted octanol–water partition coefficient (Wildman–Crippen LogP) is 5.02. The molecule has 0 spiro atoms. The van der Waals surface area contributed by atoms with Gasteiger partial charge >= 0.3 is 0 Å². The number of para-hydroxylation sites is 1. The van der Waals surface area contributed by atoms with E-state index in [1.807, 2.05) is 0 Å². The summed E-state index contributed by atoms with van der Waals surface area (Å²) in [6, 6.07) is 16.6. The molecule has 170 valence electrons. The Kier molecular flexibility index (Phi) is 6.34. The smallest absolute Gasteiger partial charge is 0.264 e. The van der Waals surface area contributed by atoms with Crippen LogP contribution in [0.2, 0.25) is 10.0 Å². The normalized spacial score (nSPS) is 17.1. The Morgan fingerprint density at radius 3 is 2.48 bits per heavy atom. The summed E-state index contributed by atoms with van der Waals surface area (Å²) in [5.74, 6) is -0.219. The number of fused-ring (bicyclic) bond motifs is 1. The summed E-state index contributed by atoms with van der Waals surface area (Å²) in [6.07, 6.45) is -0.448. The lowest BCUT2D eigenvalue weighted by Gasteiger charge is -2.23. The standard InChI is InChI=1S/C25H21Cl2NO5/c1-32-17-9-10-18(23(12-17)33-2)22(29)13-25(31)19-5-3-4-6-21(19)28(24(25)30)14-15-7-8-16(26)11-20(15)27/h3-12,31H,13-14H2,1-2H3. The summed E-state index contributed by atoms with van der Waals surface area (Å²) >= 11 is 12.3. The first kappa shape index (κ1) is 23.1. The summed E-state index contributed by atoms with van der Waals surface area (Å²) in [4.78, 5) is 28.1. The lowest BCUT2D eigenvalue weighted by atomic mass is 9.88. The van der Waals surface area contributed by atoms with E-state index < -0.39 is 23.7 Å². The van der Waals surface area contributed by atoms with Crippen molar-refractivity contribution in [3.8, 4) is 11.5 Å². The largest absolute Gasteiger partial charge is 0.497 e.